The average molecular weight is 338 g/mol. The zero-order chi connectivity index (χ0) is 16.2. The highest BCUT2D eigenvalue weighted by Crippen LogP contribution is 2.26. The van der Waals surface area contributed by atoms with Gasteiger partial charge in [0.05, 0.1) is 0 Å². The standard InChI is InChI=1S/C18H21Cl2NO/c1-18(2,3)21-11-13-7-9-14(10-8-13)22-12-15-16(19)5-4-6-17(15)20/h4-10,21H,11-12H2,1-3H3. The first-order chi connectivity index (χ1) is 10.3. The van der Waals surface area contributed by atoms with Gasteiger partial charge in [-0.1, -0.05) is 41.4 Å². The molecule has 0 aliphatic heterocycles. The van der Waals surface area contributed by atoms with Gasteiger partial charge in [0, 0.05) is 27.7 Å². The van der Waals surface area contributed by atoms with Crippen molar-refractivity contribution < 1.29 is 4.74 Å². The first-order valence-electron chi connectivity index (χ1n) is 7.25. The Morgan fingerprint density at radius 3 is 2.09 bits per heavy atom. The topological polar surface area (TPSA) is 21.3 Å². The molecule has 0 atom stereocenters. The number of halogens is 2. The third kappa shape index (κ3) is 5.20. The normalized spacial score (nSPS) is 11.5. The molecular weight excluding hydrogens is 317 g/mol. The highest BCUT2D eigenvalue weighted by atomic mass is 35.5. The fourth-order valence-electron chi connectivity index (χ4n) is 1.90. The van der Waals surface area contributed by atoms with Crippen LogP contribution in [0.3, 0.4) is 0 Å². The van der Waals surface area contributed by atoms with E-state index in [0.29, 0.717) is 16.7 Å². The van der Waals surface area contributed by atoms with Crippen LogP contribution in [0.2, 0.25) is 10.0 Å². The molecule has 118 valence electrons. The monoisotopic (exact) mass is 337 g/mol. The quantitative estimate of drug-likeness (QED) is 0.781. The van der Waals surface area contributed by atoms with Crippen LogP contribution in [0.1, 0.15) is 31.9 Å². The third-order valence-corrected chi connectivity index (χ3v) is 3.90. The van der Waals surface area contributed by atoms with Crippen molar-refractivity contribution in [2.45, 2.75) is 39.5 Å². The summed E-state index contributed by atoms with van der Waals surface area (Å²) in [4.78, 5) is 0. The van der Waals surface area contributed by atoms with Crippen LogP contribution in [0.5, 0.6) is 5.75 Å². The van der Waals surface area contributed by atoms with Gasteiger partial charge >= 0.3 is 0 Å². The van der Waals surface area contributed by atoms with E-state index in [1.54, 1.807) is 0 Å². The Balaban J connectivity index is 1.94. The van der Waals surface area contributed by atoms with Crippen molar-refractivity contribution in [2.24, 2.45) is 0 Å². The van der Waals surface area contributed by atoms with Crippen molar-refractivity contribution in [2.75, 3.05) is 0 Å². The van der Waals surface area contributed by atoms with Crippen LogP contribution in [0.15, 0.2) is 42.5 Å². The molecule has 0 aliphatic carbocycles. The van der Waals surface area contributed by atoms with Crippen LogP contribution < -0.4 is 10.1 Å². The highest BCUT2D eigenvalue weighted by molar-refractivity contribution is 6.35. The third-order valence-electron chi connectivity index (χ3n) is 3.19. The zero-order valence-corrected chi connectivity index (χ0v) is 14.6. The maximum Gasteiger partial charge on any atom is 0.119 e. The minimum atomic E-state index is 0.107. The molecule has 2 aromatic rings. The van der Waals surface area contributed by atoms with E-state index in [9.17, 15) is 0 Å². The van der Waals surface area contributed by atoms with Gasteiger partial charge < -0.3 is 10.1 Å². The summed E-state index contributed by atoms with van der Waals surface area (Å²) < 4.78 is 5.76. The fourth-order valence-corrected chi connectivity index (χ4v) is 2.40. The van der Waals surface area contributed by atoms with Crippen molar-refractivity contribution in [1.82, 2.24) is 5.32 Å². The van der Waals surface area contributed by atoms with Gasteiger partial charge in [-0.3, -0.25) is 0 Å². The molecule has 0 aromatic heterocycles. The van der Waals surface area contributed by atoms with Crippen LogP contribution in [0.25, 0.3) is 0 Å². The van der Waals surface area contributed by atoms with Gasteiger partial charge in [-0.2, -0.15) is 0 Å². The number of rotatable bonds is 5. The molecule has 0 heterocycles. The van der Waals surface area contributed by atoms with Crippen LogP contribution in [-0.4, -0.2) is 5.54 Å². The van der Waals surface area contributed by atoms with Gasteiger partial charge in [-0.05, 0) is 50.6 Å². The molecule has 0 aliphatic rings. The Morgan fingerprint density at radius 1 is 0.955 bits per heavy atom. The van der Waals surface area contributed by atoms with Crippen LogP contribution in [0.4, 0.5) is 0 Å². The molecule has 2 nitrogen and oxygen atoms in total. The predicted molar refractivity (Wildman–Crippen MR) is 93.8 cm³/mol. The first kappa shape index (κ1) is 17.1. The van der Waals surface area contributed by atoms with Crippen molar-refractivity contribution in [3.8, 4) is 5.75 Å². The number of nitrogens with one attached hydrogen (secondary N) is 1. The highest BCUT2D eigenvalue weighted by Gasteiger charge is 2.09. The molecular formula is C18H21Cl2NO. The number of hydrogen-bond donors (Lipinski definition) is 1. The van der Waals surface area contributed by atoms with Gasteiger partial charge in [0.15, 0.2) is 0 Å². The Hall–Kier alpha value is -1.22. The van der Waals surface area contributed by atoms with Gasteiger partial charge in [-0.25, -0.2) is 0 Å². The van der Waals surface area contributed by atoms with E-state index in [4.69, 9.17) is 27.9 Å². The van der Waals surface area contributed by atoms with Crippen molar-refractivity contribution >= 4 is 23.2 Å². The minimum absolute atomic E-state index is 0.107. The average Bonchev–Trinajstić information content (AvgIpc) is 2.45. The van der Waals surface area contributed by atoms with Crippen LogP contribution in [-0.2, 0) is 13.2 Å². The lowest BCUT2D eigenvalue weighted by Gasteiger charge is -2.20. The SMILES string of the molecule is CC(C)(C)NCc1ccc(OCc2c(Cl)cccc2Cl)cc1. The second kappa shape index (κ2) is 7.36. The van der Waals surface area contributed by atoms with E-state index >= 15 is 0 Å². The summed E-state index contributed by atoms with van der Waals surface area (Å²) in [5.74, 6) is 0.801. The zero-order valence-electron chi connectivity index (χ0n) is 13.1. The molecule has 0 spiro atoms. The minimum Gasteiger partial charge on any atom is -0.489 e. The van der Waals surface area contributed by atoms with E-state index < -0.39 is 0 Å². The van der Waals surface area contributed by atoms with Crippen molar-refractivity contribution in [3.05, 3.63) is 63.6 Å². The van der Waals surface area contributed by atoms with Gasteiger partial charge in [0.2, 0.25) is 0 Å². The van der Waals surface area contributed by atoms with E-state index in [0.717, 1.165) is 17.9 Å². The van der Waals surface area contributed by atoms with E-state index in [1.165, 1.54) is 5.56 Å². The maximum absolute atomic E-state index is 6.13. The molecule has 2 rings (SSSR count). The molecule has 0 fully saturated rings. The lowest BCUT2D eigenvalue weighted by molar-refractivity contribution is 0.306. The van der Waals surface area contributed by atoms with E-state index in [2.05, 4.69) is 38.2 Å². The largest absolute Gasteiger partial charge is 0.489 e. The van der Waals surface area contributed by atoms with Crippen molar-refractivity contribution in [1.29, 1.82) is 0 Å². The molecule has 0 saturated carbocycles. The molecule has 0 bridgehead atoms. The Kier molecular flexibility index (Phi) is 5.74. The fraction of sp³-hybridized carbons (Fsp3) is 0.333. The van der Waals surface area contributed by atoms with Gasteiger partial charge in [0.1, 0.15) is 12.4 Å². The van der Waals surface area contributed by atoms with E-state index in [-0.39, 0.29) is 5.54 Å². The Bertz CT molecular complexity index is 598. The summed E-state index contributed by atoms with van der Waals surface area (Å²) in [6.07, 6.45) is 0. The lowest BCUT2D eigenvalue weighted by Crippen LogP contribution is -2.34. The Labute approximate surface area is 142 Å². The maximum atomic E-state index is 6.13. The summed E-state index contributed by atoms with van der Waals surface area (Å²) >= 11 is 12.3. The molecule has 0 radical (unpaired) electrons. The van der Waals surface area contributed by atoms with Crippen LogP contribution >= 0.6 is 23.2 Å². The molecule has 0 unspecified atom stereocenters. The summed E-state index contributed by atoms with van der Waals surface area (Å²) in [6, 6.07) is 13.5. The molecule has 1 N–H and O–H groups in total. The van der Waals surface area contributed by atoms with Crippen LogP contribution in [0, 0.1) is 0 Å². The summed E-state index contributed by atoms with van der Waals surface area (Å²) in [7, 11) is 0. The molecule has 0 saturated heterocycles. The summed E-state index contributed by atoms with van der Waals surface area (Å²) in [5.41, 5.74) is 2.14. The number of hydrogen-bond acceptors (Lipinski definition) is 2. The predicted octanol–water partition coefficient (Wildman–Crippen LogP) is 5.46. The number of ether oxygens (including phenoxy) is 1. The van der Waals surface area contributed by atoms with Gasteiger partial charge in [-0.15, -0.1) is 0 Å². The second-order valence-electron chi connectivity index (χ2n) is 6.24. The molecule has 4 heteroatoms. The summed E-state index contributed by atoms with van der Waals surface area (Å²) in [5, 5.41) is 4.70. The molecule has 22 heavy (non-hydrogen) atoms. The van der Waals surface area contributed by atoms with Crippen molar-refractivity contribution in [3.63, 3.8) is 0 Å². The molecule has 2 aromatic carbocycles. The number of benzene rings is 2. The first-order valence-corrected chi connectivity index (χ1v) is 8.00. The molecule has 0 amide bonds. The lowest BCUT2D eigenvalue weighted by atomic mass is 10.1. The van der Waals surface area contributed by atoms with Gasteiger partial charge in [0.25, 0.3) is 0 Å². The second-order valence-corrected chi connectivity index (χ2v) is 7.05. The summed E-state index contributed by atoms with van der Waals surface area (Å²) in [6.45, 7) is 7.64. The van der Waals surface area contributed by atoms with E-state index in [1.807, 2.05) is 30.3 Å². The Morgan fingerprint density at radius 2 is 1.55 bits per heavy atom. The smallest absolute Gasteiger partial charge is 0.119 e.